The van der Waals surface area contributed by atoms with E-state index in [1.807, 2.05) is 0 Å². The van der Waals surface area contributed by atoms with E-state index in [-0.39, 0.29) is 23.1 Å². The summed E-state index contributed by atoms with van der Waals surface area (Å²) >= 11 is 0. The van der Waals surface area contributed by atoms with Crippen LogP contribution in [0.1, 0.15) is 29.6 Å². The van der Waals surface area contributed by atoms with Crippen molar-refractivity contribution in [2.24, 2.45) is 11.7 Å². The SMILES string of the molecule is NC(=O)c1cc([N+](=O)[O-])cnc1NC1CCC(C(=O)O)C1. The Morgan fingerprint density at radius 2 is 2.19 bits per heavy atom. The molecule has 0 aromatic carbocycles. The average Bonchev–Trinajstić information content (AvgIpc) is 2.87. The quantitative estimate of drug-likeness (QED) is 0.536. The molecule has 1 aliphatic carbocycles. The van der Waals surface area contributed by atoms with Crippen molar-refractivity contribution >= 4 is 23.4 Å². The first-order valence-electron chi connectivity index (χ1n) is 6.32. The Morgan fingerprint density at radius 1 is 1.48 bits per heavy atom. The highest BCUT2D eigenvalue weighted by molar-refractivity contribution is 5.98. The number of carbonyl (C=O) groups is 2. The molecule has 1 amide bonds. The molecule has 2 rings (SSSR count). The van der Waals surface area contributed by atoms with Crippen molar-refractivity contribution < 1.29 is 19.6 Å². The van der Waals surface area contributed by atoms with Gasteiger partial charge in [0.05, 0.1) is 16.4 Å². The van der Waals surface area contributed by atoms with Crippen molar-refractivity contribution in [3.63, 3.8) is 0 Å². The van der Waals surface area contributed by atoms with Crippen LogP contribution in [0.5, 0.6) is 0 Å². The smallest absolute Gasteiger partial charge is 0.306 e. The fraction of sp³-hybridized carbons (Fsp3) is 0.417. The second-order valence-electron chi connectivity index (χ2n) is 4.90. The summed E-state index contributed by atoms with van der Waals surface area (Å²) in [7, 11) is 0. The number of carbonyl (C=O) groups excluding carboxylic acids is 1. The van der Waals surface area contributed by atoms with Crippen molar-refractivity contribution in [1.82, 2.24) is 4.98 Å². The zero-order valence-electron chi connectivity index (χ0n) is 11.0. The summed E-state index contributed by atoms with van der Waals surface area (Å²) in [6.07, 6.45) is 2.59. The number of rotatable bonds is 5. The standard InChI is InChI=1S/C12H14N4O5/c13-10(17)9-4-8(16(20)21)5-14-11(9)15-7-2-1-6(3-7)12(18)19/h4-7H,1-3H2,(H2,13,17)(H,14,15)(H,18,19). The number of amides is 1. The number of carboxylic acids is 1. The molecule has 1 fully saturated rings. The Balaban J connectivity index is 2.18. The minimum absolute atomic E-state index is 0.0806. The number of nitro groups is 1. The number of nitrogens with two attached hydrogens (primary N) is 1. The Morgan fingerprint density at radius 3 is 2.71 bits per heavy atom. The van der Waals surface area contributed by atoms with Gasteiger partial charge in [0.25, 0.3) is 11.6 Å². The van der Waals surface area contributed by atoms with Crippen LogP contribution in [0.25, 0.3) is 0 Å². The van der Waals surface area contributed by atoms with Crippen LogP contribution in [0, 0.1) is 16.0 Å². The Bertz CT molecular complexity index is 603. The number of primary amides is 1. The third-order valence-corrected chi connectivity index (χ3v) is 3.47. The minimum atomic E-state index is -0.855. The summed E-state index contributed by atoms with van der Waals surface area (Å²) in [4.78, 5) is 36.1. The van der Waals surface area contributed by atoms with Gasteiger partial charge in [-0.05, 0) is 19.3 Å². The van der Waals surface area contributed by atoms with Crippen molar-refractivity contribution in [2.45, 2.75) is 25.3 Å². The first-order valence-corrected chi connectivity index (χ1v) is 6.32. The van der Waals surface area contributed by atoms with E-state index in [4.69, 9.17) is 10.8 Å². The average molecular weight is 294 g/mol. The van der Waals surface area contributed by atoms with Gasteiger partial charge in [-0.15, -0.1) is 0 Å². The van der Waals surface area contributed by atoms with E-state index in [1.165, 1.54) is 0 Å². The highest BCUT2D eigenvalue weighted by atomic mass is 16.6. The normalized spacial score (nSPS) is 21.0. The summed E-state index contributed by atoms with van der Waals surface area (Å²) in [5, 5.41) is 22.6. The number of hydrogen-bond donors (Lipinski definition) is 3. The van der Waals surface area contributed by atoms with Crippen LogP contribution < -0.4 is 11.1 Å². The van der Waals surface area contributed by atoms with Crippen LogP contribution in [-0.4, -0.2) is 32.9 Å². The molecule has 21 heavy (non-hydrogen) atoms. The minimum Gasteiger partial charge on any atom is -0.481 e. The lowest BCUT2D eigenvalue weighted by atomic mass is 10.1. The topological polar surface area (TPSA) is 148 Å². The second kappa shape index (κ2) is 5.73. The molecule has 1 aliphatic rings. The van der Waals surface area contributed by atoms with Crippen LogP contribution in [-0.2, 0) is 4.79 Å². The van der Waals surface area contributed by atoms with Gasteiger partial charge in [0, 0.05) is 12.1 Å². The van der Waals surface area contributed by atoms with E-state index in [9.17, 15) is 19.7 Å². The highest BCUT2D eigenvalue weighted by Gasteiger charge is 2.30. The van der Waals surface area contributed by atoms with E-state index in [2.05, 4.69) is 10.3 Å². The molecule has 2 atom stereocenters. The fourth-order valence-electron chi connectivity index (χ4n) is 2.39. The molecule has 0 bridgehead atoms. The molecule has 112 valence electrons. The summed E-state index contributed by atoms with van der Waals surface area (Å²) in [6, 6.07) is 0.902. The molecule has 4 N–H and O–H groups in total. The van der Waals surface area contributed by atoms with Gasteiger partial charge in [-0.2, -0.15) is 0 Å². The van der Waals surface area contributed by atoms with E-state index in [1.54, 1.807) is 0 Å². The van der Waals surface area contributed by atoms with Gasteiger partial charge in [-0.1, -0.05) is 0 Å². The number of aromatic nitrogens is 1. The number of anilines is 1. The molecule has 2 unspecified atom stereocenters. The number of pyridine rings is 1. The maximum atomic E-state index is 11.4. The van der Waals surface area contributed by atoms with Gasteiger partial charge >= 0.3 is 5.97 Å². The molecular weight excluding hydrogens is 280 g/mol. The van der Waals surface area contributed by atoms with E-state index >= 15 is 0 Å². The van der Waals surface area contributed by atoms with Crippen molar-refractivity contribution in [3.05, 3.63) is 27.9 Å². The van der Waals surface area contributed by atoms with Crippen molar-refractivity contribution in [1.29, 1.82) is 0 Å². The zero-order chi connectivity index (χ0) is 15.6. The lowest BCUT2D eigenvalue weighted by Gasteiger charge is -2.14. The lowest BCUT2D eigenvalue weighted by Crippen LogP contribution is -2.22. The third kappa shape index (κ3) is 3.25. The molecule has 1 saturated carbocycles. The zero-order valence-corrected chi connectivity index (χ0v) is 11.0. The Kier molecular flexibility index (Phi) is 4.01. The molecule has 1 aromatic rings. The van der Waals surface area contributed by atoms with E-state index < -0.39 is 22.7 Å². The fourth-order valence-corrected chi connectivity index (χ4v) is 2.39. The predicted molar refractivity (Wildman–Crippen MR) is 71.8 cm³/mol. The lowest BCUT2D eigenvalue weighted by molar-refractivity contribution is -0.385. The van der Waals surface area contributed by atoms with E-state index in [0.29, 0.717) is 19.3 Å². The molecule has 0 spiro atoms. The van der Waals surface area contributed by atoms with Crippen LogP contribution in [0.15, 0.2) is 12.3 Å². The predicted octanol–water partition coefficient (Wildman–Crippen LogP) is 0.754. The van der Waals surface area contributed by atoms with Gasteiger partial charge in [-0.25, -0.2) is 4.98 Å². The van der Waals surface area contributed by atoms with Crippen molar-refractivity contribution in [3.8, 4) is 0 Å². The number of aliphatic carboxylic acids is 1. The number of hydrogen-bond acceptors (Lipinski definition) is 6. The molecular formula is C12H14N4O5. The summed E-state index contributed by atoms with van der Waals surface area (Å²) < 4.78 is 0. The number of nitrogens with one attached hydrogen (secondary N) is 1. The molecule has 0 radical (unpaired) electrons. The number of carboxylic acid groups (broad SMARTS) is 1. The number of nitrogens with zero attached hydrogens (tertiary/aromatic N) is 2. The first-order chi connectivity index (χ1) is 9.88. The monoisotopic (exact) mass is 294 g/mol. The van der Waals surface area contributed by atoms with Gasteiger partial charge in [0.2, 0.25) is 0 Å². The van der Waals surface area contributed by atoms with Gasteiger partial charge in [0.1, 0.15) is 12.0 Å². The maximum Gasteiger partial charge on any atom is 0.306 e. The third-order valence-electron chi connectivity index (χ3n) is 3.47. The molecule has 1 heterocycles. The van der Waals surface area contributed by atoms with Crippen LogP contribution in [0.3, 0.4) is 0 Å². The maximum absolute atomic E-state index is 11.4. The Labute approximate surface area is 119 Å². The van der Waals surface area contributed by atoms with Crippen LogP contribution in [0.4, 0.5) is 11.5 Å². The molecule has 0 aliphatic heterocycles. The molecule has 1 aromatic heterocycles. The first kappa shape index (κ1) is 14.7. The summed E-state index contributed by atoms with van der Waals surface area (Å²) in [5.74, 6) is -1.98. The van der Waals surface area contributed by atoms with Gasteiger partial charge in [-0.3, -0.25) is 19.7 Å². The van der Waals surface area contributed by atoms with Crippen LogP contribution in [0.2, 0.25) is 0 Å². The van der Waals surface area contributed by atoms with Gasteiger partial charge in [0.15, 0.2) is 0 Å². The molecule has 9 heteroatoms. The van der Waals surface area contributed by atoms with Gasteiger partial charge < -0.3 is 16.2 Å². The molecule has 9 nitrogen and oxygen atoms in total. The van der Waals surface area contributed by atoms with E-state index in [0.717, 1.165) is 12.3 Å². The summed E-state index contributed by atoms with van der Waals surface area (Å²) in [6.45, 7) is 0. The van der Waals surface area contributed by atoms with Crippen LogP contribution >= 0.6 is 0 Å². The second-order valence-corrected chi connectivity index (χ2v) is 4.90. The summed E-state index contributed by atoms with van der Waals surface area (Å²) in [5.41, 5.74) is 4.79. The van der Waals surface area contributed by atoms with Crippen molar-refractivity contribution in [2.75, 3.05) is 5.32 Å². The Hall–Kier alpha value is -2.71. The highest BCUT2D eigenvalue weighted by Crippen LogP contribution is 2.29. The largest absolute Gasteiger partial charge is 0.481 e. The molecule has 0 saturated heterocycles.